The van der Waals surface area contributed by atoms with Gasteiger partial charge in [-0.1, -0.05) is 28.0 Å². The fourth-order valence-electron chi connectivity index (χ4n) is 1.39. The smallest absolute Gasteiger partial charge is 0.127 e. The first-order chi connectivity index (χ1) is 7.68. The molecular weight excluding hydrogens is 226 g/mol. The summed E-state index contributed by atoms with van der Waals surface area (Å²) in [5.74, 6) is 0. The molecule has 0 atom stereocenters. The molecule has 0 fully saturated rings. The number of benzene rings is 1. The predicted octanol–water partition coefficient (Wildman–Crippen LogP) is 2.95. The van der Waals surface area contributed by atoms with Crippen LogP contribution in [0.3, 0.4) is 0 Å². The zero-order valence-corrected chi connectivity index (χ0v) is 9.88. The molecule has 16 heavy (non-hydrogen) atoms. The van der Waals surface area contributed by atoms with Crippen LogP contribution in [0.4, 0.5) is 5.69 Å². The molecule has 0 bridgehead atoms. The van der Waals surface area contributed by atoms with Crippen molar-refractivity contribution in [1.29, 1.82) is 0 Å². The van der Waals surface area contributed by atoms with E-state index >= 15 is 0 Å². The second-order valence-electron chi connectivity index (χ2n) is 3.56. The topological polar surface area (TPSA) is 51.0 Å². The first-order valence-electron chi connectivity index (χ1n) is 4.95. The molecule has 0 saturated heterocycles. The van der Waals surface area contributed by atoms with Crippen LogP contribution in [0, 0.1) is 13.8 Å². The van der Waals surface area contributed by atoms with Crippen molar-refractivity contribution >= 4 is 17.3 Å². The molecule has 0 amide bonds. The van der Waals surface area contributed by atoms with Crippen LogP contribution in [-0.2, 0) is 6.54 Å². The molecule has 0 spiro atoms. The summed E-state index contributed by atoms with van der Waals surface area (Å²) in [6.07, 6.45) is 0. The van der Waals surface area contributed by atoms with Gasteiger partial charge < -0.3 is 5.32 Å². The molecule has 0 aliphatic rings. The van der Waals surface area contributed by atoms with E-state index in [-0.39, 0.29) is 0 Å². The molecule has 1 heterocycles. The molecule has 0 aliphatic carbocycles. The first kappa shape index (κ1) is 11.0. The number of rotatable bonds is 3. The Labute approximate surface area is 98.6 Å². The van der Waals surface area contributed by atoms with Crippen LogP contribution in [0.1, 0.15) is 17.0 Å². The highest BCUT2D eigenvalue weighted by molar-refractivity contribution is 6.31. The Hall–Kier alpha value is -1.55. The van der Waals surface area contributed by atoms with E-state index in [1.54, 1.807) is 0 Å². The number of hydrogen-bond acceptors (Lipinski definition) is 4. The summed E-state index contributed by atoms with van der Waals surface area (Å²) < 4.78 is 4.62. The van der Waals surface area contributed by atoms with Gasteiger partial charge in [-0.15, -0.1) is 0 Å². The summed E-state index contributed by atoms with van der Waals surface area (Å²) in [6.45, 7) is 4.41. The van der Waals surface area contributed by atoms with E-state index in [9.17, 15) is 0 Å². The third kappa shape index (κ3) is 2.17. The fraction of sp³-hybridized carbons (Fsp3) is 0.273. The lowest BCUT2D eigenvalue weighted by Crippen LogP contribution is -2.02. The fourth-order valence-corrected chi connectivity index (χ4v) is 1.56. The van der Waals surface area contributed by atoms with E-state index in [0.717, 1.165) is 27.7 Å². The van der Waals surface area contributed by atoms with Crippen LogP contribution in [0.5, 0.6) is 0 Å². The molecule has 0 unspecified atom stereocenters. The van der Waals surface area contributed by atoms with Gasteiger partial charge in [0.05, 0.1) is 6.54 Å². The predicted molar refractivity (Wildman–Crippen MR) is 62.6 cm³/mol. The molecule has 2 rings (SSSR count). The number of aromatic nitrogens is 2. The largest absolute Gasteiger partial charge is 0.379 e. The summed E-state index contributed by atoms with van der Waals surface area (Å²) in [5, 5.41) is 11.5. The summed E-state index contributed by atoms with van der Waals surface area (Å²) in [6, 6.07) is 5.75. The van der Waals surface area contributed by atoms with E-state index in [1.807, 2.05) is 32.0 Å². The van der Waals surface area contributed by atoms with Crippen molar-refractivity contribution in [3.05, 3.63) is 40.2 Å². The van der Waals surface area contributed by atoms with Gasteiger partial charge in [0, 0.05) is 10.7 Å². The van der Waals surface area contributed by atoms with Crippen LogP contribution in [-0.4, -0.2) is 10.3 Å². The summed E-state index contributed by atoms with van der Waals surface area (Å²) in [5.41, 5.74) is 3.62. The van der Waals surface area contributed by atoms with Gasteiger partial charge in [0.15, 0.2) is 0 Å². The average molecular weight is 238 g/mol. The van der Waals surface area contributed by atoms with Crippen molar-refractivity contribution in [3.63, 3.8) is 0 Å². The van der Waals surface area contributed by atoms with Crippen LogP contribution in [0.25, 0.3) is 0 Å². The molecule has 1 N–H and O–H groups in total. The van der Waals surface area contributed by atoms with Crippen LogP contribution in [0.15, 0.2) is 22.8 Å². The van der Waals surface area contributed by atoms with Crippen molar-refractivity contribution in [3.8, 4) is 0 Å². The molecule has 84 valence electrons. The van der Waals surface area contributed by atoms with Gasteiger partial charge in [-0.2, -0.15) is 0 Å². The Balaban J connectivity index is 2.11. The highest BCUT2D eigenvalue weighted by Crippen LogP contribution is 2.23. The third-order valence-corrected chi connectivity index (χ3v) is 2.87. The Bertz CT molecular complexity index is 496. The maximum absolute atomic E-state index is 6.02. The molecular formula is C11H12ClN3O. The van der Waals surface area contributed by atoms with Gasteiger partial charge in [0.25, 0.3) is 0 Å². The van der Waals surface area contributed by atoms with E-state index in [0.29, 0.717) is 6.54 Å². The van der Waals surface area contributed by atoms with E-state index in [2.05, 4.69) is 20.3 Å². The van der Waals surface area contributed by atoms with Crippen molar-refractivity contribution in [2.45, 2.75) is 20.4 Å². The molecule has 4 nitrogen and oxygen atoms in total. The molecule has 2 aromatic rings. The summed E-state index contributed by atoms with van der Waals surface area (Å²) in [7, 11) is 0. The highest BCUT2D eigenvalue weighted by Gasteiger charge is 2.06. The SMILES string of the molecule is Cc1nonc1CNc1cccc(Cl)c1C. The molecule has 0 radical (unpaired) electrons. The summed E-state index contributed by atoms with van der Waals surface area (Å²) in [4.78, 5) is 0. The average Bonchev–Trinajstić information content (AvgIpc) is 2.67. The Morgan fingerprint density at radius 3 is 2.81 bits per heavy atom. The number of hydrogen-bond donors (Lipinski definition) is 1. The Kier molecular flexibility index (Phi) is 3.10. The maximum Gasteiger partial charge on any atom is 0.127 e. The van der Waals surface area contributed by atoms with Crippen molar-refractivity contribution in [2.75, 3.05) is 5.32 Å². The summed E-state index contributed by atoms with van der Waals surface area (Å²) >= 11 is 6.02. The zero-order valence-electron chi connectivity index (χ0n) is 9.12. The lowest BCUT2D eigenvalue weighted by molar-refractivity contribution is 0.301. The second kappa shape index (κ2) is 4.53. The Morgan fingerprint density at radius 1 is 1.31 bits per heavy atom. The van der Waals surface area contributed by atoms with Crippen LogP contribution >= 0.6 is 11.6 Å². The lowest BCUT2D eigenvalue weighted by atomic mass is 10.2. The normalized spacial score (nSPS) is 10.4. The minimum Gasteiger partial charge on any atom is -0.379 e. The third-order valence-electron chi connectivity index (χ3n) is 2.46. The highest BCUT2D eigenvalue weighted by atomic mass is 35.5. The zero-order chi connectivity index (χ0) is 11.5. The minimum atomic E-state index is 0.580. The van der Waals surface area contributed by atoms with E-state index in [1.165, 1.54) is 0 Å². The minimum absolute atomic E-state index is 0.580. The van der Waals surface area contributed by atoms with Gasteiger partial charge in [-0.25, -0.2) is 4.63 Å². The van der Waals surface area contributed by atoms with Gasteiger partial charge in [0.2, 0.25) is 0 Å². The van der Waals surface area contributed by atoms with Crippen LogP contribution < -0.4 is 5.32 Å². The monoisotopic (exact) mass is 237 g/mol. The lowest BCUT2D eigenvalue weighted by Gasteiger charge is -2.08. The van der Waals surface area contributed by atoms with Gasteiger partial charge in [0.1, 0.15) is 11.4 Å². The molecule has 1 aromatic carbocycles. The number of anilines is 1. The number of nitrogens with zero attached hydrogens (tertiary/aromatic N) is 2. The van der Waals surface area contributed by atoms with Crippen LogP contribution in [0.2, 0.25) is 5.02 Å². The number of aryl methyl sites for hydroxylation is 1. The van der Waals surface area contributed by atoms with Gasteiger partial charge >= 0.3 is 0 Å². The first-order valence-corrected chi connectivity index (χ1v) is 5.33. The standard InChI is InChI=1S/C11H12ClN3O/c1-7-9(12)4-3-5-10(7)13-6-11-8(2)14-16-15-11/h3-5,13H,6H2,1-2H3. The second-order valence-corrected chi connectivity index (χ2v) is 3.97. The quantitative estimate of drug-likeness (QED) is 0.892. The molecule has 5 heteroatoms. The van der Waals surface area contributed by atoms with Crippen molar-refractivity contribution in [1.82, 2.24) is 10.3 Å². The number of nitrogens with one attached hydrogen (secondary N) is 1. The number of halogens is 1. The van der Waals surface area contributed by atoms with Crippen molar-refractivity contribution < 1.29 is 4.63 Å². The maximum atomic E-state index is 6.02. The molecule has 0 saturated carbocycles. The molecule has 0 aliphatic heterocycles. The Morgan fingerprint density at radius 2 is 2.12 bits per heavy atom. The molecule has 1 aromatic heterocycles. The van der Waals surface area contributed by atoms with E-state index < -0.39 is 0 Å². The van der Waals surface area contributed by atoms with Gasteiger partial charge in [-0.3, -0.25) is 0 Å². The van der Waals surface area contributed by atoms with E-state index in [4.69, 9.17) is 11.6 Å². The van der Waals surface area contributed by atoms with Crippen molar-refractivity contribution in [2.24, 2.45) is 0 Å². The van der Waals surface area contributed by atoms with Gasteiger partial charge in [-0.05, 0) is 31.5 Å².